The number of hydrogen-bond acceptors (Lipinski definition) is 3. The number of para-hydroxylation sites is 1. The molecule has 2 rings (SSSR count). The van der Waals surface area contributed by atoms with Crippen molar-refractivity contribution in [1.29, 1.82) is 0 Å². The molecule has 126 valence electrons. The number of carboxylic acid groups (broad SMARTS) is 1. The lowest BCUT2D eigenvalue weighted by Gasteiger charge is -2.40. The van der Waals surface area contributed by atoms with Gasteiger partial charge < -0.3 is 14.7 Å². The maximum atomic E-state index is 11.8. The Balaban J connectivity index is 1.67. The first-order valence-corrected chi connectivity index (χ1v) is 8.25. The molecule has 1 heterocycles. The number of nitrogens with zero attached hydrogens (tertiary/aromatic N) is 1. The number of likely N-dealkylation sites (tertiary alicyclic amines) is 1. The highest BCUT2D eigenvalue weighted by Gasteiger charge is 2.36. The Morgan fingerprint density at radius 2 is 2.09 bits per heavy atom. The summed E-state index contributed by atoms with van der Waals surface area (Å²) in [4.78, 5) is 24.2. The van der Waals surface area contributed by atoms with Crippen LogP contribution in [0.25, 0.3) is 0 Å². The third-order valence-electron chi connectivity index (χ3n) is 4.31. The number of β-lactam (4-membered cyclic amide) rings is 1. The van der Waals surface area contributed by atoms with Gasteiger partial charge in [0.25, 0.3) is 0 Å². The van der Waals surface area contributed by atoms with Crippen LogP contribution in [0.5, 0.6) is 5.75 Å². The molecular formula is C18H25NO4. The van der Waals surface area contributed by atoms with E-state index >= 15 is 0 Å². The molecule has 0 saturated carbocycles. The van der Waals surface area contributed by atoms with Crippen LogP contribution in [-0.2, 0) is 9.59 Å². The number of carboxylic acids is 1. The van der Waals surface area contributed by atoms with Crippen LogP contribution in [0.15, 0.2) is 30.3 Å². The minimum Gasteiger partial charge on any atom is -0.491 e. The smallest absolute Gasteiger partial charge is 0.303 e. The summed E-state index contributed by atoms with van der Waals surface area (Å²) in [6.45, 7) is 3.38. The first-order chi connectivity index (χ1) is 11.1. The van der Waals surface area contributed by atoms with Crippen LogP contribution in [0.4, 0.5) is 0 Å². The summed E-state index contributed by atoms with van der Waals surface area (Å²) in [5, 5.41) is 8.65. The van der Waals surface area contributed by atoms with Crippen LogP contribution in [0, 0.1) is 5.92 Å². The van der Waals surface area contributed by atoms with Crippen LogP contribution < -0.4 is 4.74 Å². The summed E-state index contributed by atoms with van der Waals surface area (Å²) >= 11 is 0. The number of benzene rings is 1. The minimum absolute atomic E-state index is 0.161. The molecule has 23 heavy (non-hydrogen) atoms. The predicted molar refractivity (Wildman–Crippen MR) is 87.3 cm³/mol. The van der Waals surface area contributed by atoms with Gasteiger partial charge in [-0.25, -0.2) is 0 Å². The van der Waals surface area contributed by atoms with Gasteiger partial charge in [-0.2, -0.15) is 0 Å². The van der Waals surface area contributed by atoms with E-state index in [2.05, 4.69) is 6.92 Å². The van der Waals surface area contributed by atoms with E-state index in [1.165, 1.54) is 0 Å². The molecule has 5 heteroatoms. The van der Waals surface area contributed by atoms with Gasteiger partial charge in [0, 0.05) is 13.0 Å². The van der Waals surface area contributed by atoms with E-state index in [9.17, 15) is 9.59 Å². The molecular weight excluding hydrogens is 294 g/mol. The molecule has 1 amide bonds. The van der Waals surface area contributed by atoms with E-state index in [1.807, 2.05) is 35.2 Å². The molecule has 0 spiro atoms. The molecule has 1 saturated heterocycles. The van der Waals surface area contributed by atoms with E-state index in [-0.39, 0.29) is 18.4 Å². The maximum Gasteiger partial charge on any atom is 0.303 e. The van der Waals surface area contributed by atoms with Gasteiger partial charge in [-0.15, -0.1) is 0 Å². The quantitative estimate of drug-likeness (QED) is 0.673. The SMILES string of the molecule is C[C@@H](CCCC(=O)O)CCN1C(=O)C[C@@H]1COc1ccccc1. The second-order valence-electron chi connectivity index (χ2n) is 6.25. The van der Waals surface area contributed by atoms with Gasteiger partial charge in [-0.3, -0.25) is 9.59 Å². The number of carbonyl (C=O) groups is 2. The molecule has 1 aromatic carbocycles. The van der Waals surface area contributed by atoms with Crippen molar-refractivity contribution in [1.82, 2.24) is 4.90 Å². The van der Waals surface area contributed by atoms with Gasteiger partial charge in [0.05, 0.1) is 12.5 Å². The average molecular weight is 319 g/mol. The lowest BCUT2D eigenvalue weighted by Crippen LogP contribution is -2.55. The van der Waals surface area contributed by atoms with Crippen LogP contribution in [0.2, 0.25) is 0 Å². The summed E-state index contributed by atoms with van der Waals surface area (Å²) < 4.78 is 5.73. The zero-order valence-electron chi connectivity index (χ0n) is 13.6. The van der Waals surface area contributed by atoms with E-state index in [0.29, 0.717) is 25.4 Å². The van der Waals surface area contributed by atoms with Crippen LogP contribution in [0.3, 0.4) is 0 Å². The first-order valence-electron chi connectivity index (χ1n) is 8.25. The zero-order valence-corrected chi connectivity index (χ0v) is 13.6. The van der Waals surface area contributed by atoms with Crippen molar-refractivity contribution in [2.75, 3.05) is 13.2 Å². The molecule has 1 aliphatic rings. The molecule has 0 aromatic heterocycles. The van der Waals surface area contributed by atoms with Gasteiger partial charge in [0.15, 0.2) is 0 Å². The molecule has 1 fully saturated rings. The second kappa shape index (κ2) is 8.56. The molecule has 5 nitrogen and oxygen atoms in total. The summed E-state index contributed by atoms with van der Waals surface area (Å²) in [6, 6.07) is 9.78. The van der Waals surface area contributed by atoms with Crippen molar-refractivity contribution in [2.24, 2.45) is 5.92 Å². The van der Waals surface area contributed by atoms with Crippen LogP contribution >= 0.6 is 0 Å². The van der Waals surface area contributed by atoms with E-state index < -0.39 is 5.97 Å². The van der Waals surface area contributed by atoms with Gasteiger partial charge in [0.1, 0.15) is 12.4 Å². The highest BCUT2D eigenvalue weighted by atomic mass is 16.5. The minimum atomic E-state index is -0.742. The van der Waals surface area contributed by atoms with Crippen molar-refractivity contribution in [3.63, 3.8) is 0 Å². The fraction of sp³-hybridized carbons (Fsp3) is 0.556. The standard InChI is InChI=1S/C18H25NO4/c1-14(6-5-9-18(21)22)10-11-19-15(12-17(19)20)13-23-16-7-3-2-4-8-16/h2-4,7-8,14-15H,5-6,9-13H2,1H3,(H,21,22)/t14-,15+/m0/s1. The number of aliphatic carboxylic acids is 1. The number of rotatable bonds is 10. The Morgan fingerprint density at radius 3 is 2.74 bits per heavy atom. The lowest BCUT2D eigenvalue weighted by molar-refractivity contribution is -0.147. The van der Waals surface area contributed by atoms with E-state index in [1.54, 1.807) is 0 Å². The highest BCUT2D eigenvalue weighted by Crippen LogP contribution is 2.23. The van der Waals surface area contributed by atoms with Crippen molar-refractivity contribution >= 4 is 11.9 Å². The van der Waals surface area contributed by atoms with Crippen molar-refractivity contribution < 1.29 is 19.4 Å². The summed E-state index contributed by atoms with van der Waals surface area (Å²) in [5.41, 5.74) is 0. The van der Waals surface area contributed by atoms with Crippen LogP contribution in [0.1, 0.15) is 39.0 Å². The van der Waals surface area contributed by atoms with E-state index in [0.717, 1.165) is 25.1 Å². The Labute approximate surface area is 137 Å². The summed E-state index contributed by atoms with van der Waals surface area (Å²) in [7, 11) is 0. The zero-order chi connectivity index (χ0) is 16.7. The van der Waals surface area contributed by atoms with Crippen molar-refractivity contribution in [3.8, 4) is 5.75 Å². The molecule has 0 unspecified atom stereocenters. The highest BCUT2D eigenvalue weighted by molar-refractivity contribution is 5.83. The number of ether oxygens (including phenoxy) is 1. The van der Waals surface area contributed by atoms with E-state index in [4.69, 9.17) is 9.84 Å². The Kier molecular flexibility index (Phi) is 6.44. The van der Waals surface area contributed by atoms with Crippen molar-refractivity contribution in [3.05, 3.63) is 30.3 Å². The molecule has 0 bridgehead atoms. The molecule has 1 aromatic rings. The molecule has 1 N–H and O–H groups in total. The maximum absolute atomic E-state index is 11.8. The second-order valence-corrected chi connectivity index (χ2v) is 6.25. The Hall–Kier alpha value is -2.04. The third-order valence-corrected chi connectivity index (χ3v) is 4.31. The molecule has 2 atom stereocenters. The topological polar surface area (TPSA) is 66.8 Å². The Bertz CT molecular complexity index is 517. The average Bonchev–Trinajstić information content (AvgIpc) is 2.52. The first kappa shape index (κ1) is 17.3. The summed E-state index contributed by atoms with van der Waals surface area (Å²) in [5.74, 6) is 0.699. The fourth-order valence-electron chi connectivity index (χ4n) is 2.79. The fourth-order valence-corrected chi connectivity index (χ4v) is 2.79. The third kappa shape index (κ3) is 5.58. The number of hydrogen-bond donors (Lipinski definition) is 1. The monoisotopic (exact) mass is 319 g/mol. The van der Waals surface area contributed by atoms with Gasteiger partial charge in [0.2, 0.25) is 5.91 Å². The number of amides is 1. The van der Waals surface area contributed by atoms with Gasteiger partial charge in [-0.05, 0) is 30.9 Å². The Morgan fingerprint density at radius 1 is 1.35 bits per heavy atom. The predicted octanol–water partition coefficient (Wildman–Crippen LogP) is 2.95. The summed E-state index contributed by atoms with van der Waals surface area (Å²) in [6.07, 6.45) is 3.28. The van der Waals surface area contributed by atoms with Crippen molar-refractivity contribution in [2.45, 2.75) is 45.1 Å². The largest absolute Gasteiger partial charge is 0.491 e. The normalized spacial score (nSPS) is 18.4. The lowest BCUT2D eigenvalue weighted by atomic mass is 9.97. The molecule has 0 aliphatic carbocycles. The number of carbonyl (C=O) groups excluding carboxylic acids is 1. The van der Waals surface area contributed by atoms with Gasteiger partial charge in [-0.1, -0.05) is 31.5 Å². The van der Waals surface area contributed by atoms with Crippen LogP contribution in [-0.4, -0.2) is 41.1 Å². The molecule has 1 aliphatic heterocycles. The molecule has 0 radical (unpaired) electrons. The van der Waals surface area contributed by atoms with Gasteiger partial charge >= 0.3 is 5.97 Å².